The fraction of sp³-hybridized carbons (Fsp3) is 0.136. The van der Waals surface area contributed by atoms with Crippen LogP contribution in [0, 0.1) is 11.6 Å². The highest BCUT2D eigenvalue weighted by atomic mass is 79.9. The number of nitrogens with zero attached hydrogens (tertiary/aromatic N) is 1. The van der Waals surface area contributed by atoms with Gasteiger partial charge in [-0.2, -0.15) is 0 Å². The Labute approximate surface area is 189 Å². The SMILES string of the molecule is O=C(O)N1CCC(Sc2ccc(F)cc2)(Sc2ccc(F)cc2)c2ccc(Br)cc21. The molecule has 0 atom stereocenters. The summed E-state index contributed by atoms with van der Waals surface area (Å²) in [6, 6.07) is 18.1. The number of anilines is 1. The first kappa shape index (κ1) is 21.2. The van der Waals surface area contributed by atoms with E-state index in [-0.39, 0.29) is 11.6 Å². The van der Waals surface area contributed by atoms with Crippen LogP contribution < -0.4 is 4.90 Å². The van der Waals surface area contributed by atoms with Crippen molar-refractivity contribution in [2.75, 3.05) is 11.4 Å². The maximum absolute atomic E-state index is 13.4. The summed E-state index contributed by atoms with van der Waals surface area (Å²) in [5, 5.41) is 9.70. The van der Waals surface area contributed by atoms with E-state index in [4.69, 9.17) is 0 Å². The molecule has 0 unspecified atom stereocenters. The van der Waals surface area contributed by atoms with Gasteiger partial charge in [0.15, 0.2) is 0 Å². The summed E-state index contributed by atoms with van der Waals surface area (Å²) in [6.45, 7) is 0.307. The highest BCUT2D eigenvalue weighted by Crippen LogP contribution is 2.59. The van der Waals surface area contributed by atoms with Crippen molar-refractivity contribution < 1.29 is 18.7 Å². The Kier molecular flexibility index (Phi) is 6.09. The van der Waals surface area contributed by atoms with Gasteiger partial charge in [-0.15, -0.1) is 23.5 Å². The predicted molar refractivity (Wildman–Crippen MR) is 120 cm³/mol. The number of hydrogen-bond acceptors (Lipinski definition) is 3. The zero-order chi connectivity index (χ0) is 21.3. The van der Waals surface area contributed by atoms with Gasteiger partial charge in [0.05, 0.1) is 9.77 Å². The molecule has 0 fully saturated rings. The fourth-order valence-corrected chi connectivity index (χ4v) is 6.73. The van der Waals surface area contributed by atoms with Crippen LogP contribution >= 0.6 is 39.5 Å². The van der Waals surface area contributed by atoms with Gasteiger partial charge in [-0.3, -0.25) is 4.90 Å². The van der Waals surface area contributed by atoms with Crippen LogP contribution in [0.3, 0.4) is 0 Å². The first-order valence-electron chi connectivity index (χ1n) is 9.06. The molecule has 30 heavy (non-hydrogen) atoms. The van der Waals surface area contributed by atoms with Crippen LogP contribution in [0.1, 0.15) is 12.0 Å². The van der Waals surface area contributed by atoms with Gasteiger partial charge in [0.25, 0.3) is 0 Å². The van der Waals surface area contributed by atoms with Gasteiger partial charge in [0.1, 0.15) is 11.6 Å². The number of carbonyl (C=O) groups is 1. The van der Waals surface area contributed by atoms with Crippen LogP contribution in [0.25, 0.3) is 0 Å². The van der Waals surface area contributed by atoms with E-state index < -0.39 is 10.2 Å². The molecule has 1 amide bonds. The van der Waals surface area contributed by atoms with Crippen molar-refractivity contribution in [2.45, 2.75) is 20.3 Å². The summed E-state index contributed by atoms with van der Waals surface area (Å²) < 4.78 is 27.1. The summed E-state index contributed by atoms with van der Waals surface area (Å²) in [6.07, 6.45) is -0.487. The molecule has 0 spiro atoms. The third-order valence-electron chi connectivity index (χ3n) is 4.75. The third kappa shape index (κ3) is 4.36. The van der Waals surface area contributed by atoms with Crippen LogP contribution in [0.15, 0.2) is 81.0 Å². The highest BCUT2D eigenvalue weighted by Gasteiger charge is 2.43. The Balaban J connectivity index is 1.84. The minimum Gasteiger partial charge on any atom is -0.465 e. The van der Waals surface area contributed by atoms with Crippen molar-refractivity contribution in [3.8, 4) is 0 Å². The second-order valence-corrected chi connectivity index (χ2v) is 10.6. The Morgan fingerprint density at radius 1 is 0.933 bits per heavy atom. The molecule has 154 valence electrons. The summed E-state index contributed by atoms with van der Waals surface area (Å²) in [7, 11) is 0. The number of halogens is 3. The third-order valence-corrected chi connectivity index (χ3v) is 8.27. The van der Waals surface area contributed by atoms with Gasteiger partial charge >= 0.3 is 6.09 Å². The molecule has 1 aliphatic heterocycles. The second-order valence-electron chi connectivity index (χ2n) is 6.71. The molecule has 0 radical (unpaired) electrons. The first-order chi connectivity index (χ1) is 14.4. The number of benzene rings is 3. The van der Waals surface area contributed by atoms with Gasteiger partial charge in [0, 0.05) is 26.4 Å². The number of thioether (sulfide) groups is 2. The van der Waals surface area contributed by atoms with Crippen LogP contribution in [0.5, 0.6) is 0 Å². The predicted octanol–water partition coefficient (Wildman–Crippen LogP) is 7.35. The zero-order valence-corrected chi connectivity index (χ0v) is 18.7. The van der Waals surface area contributed by atoms with E-state index in [9.17, 15) is 18.7 Å². The van der Waals surface area contributed by atoms with Crippen LogP contribution in [-0.2, 0) is 4.08 Å². The van der Waals surface area contributed by atoms with Crippen molar-refractivity contribution in [3.63, 3.8) is 0 Å². The molecule has 3 aromatic rings. The second kappa shape index (κ2) is 8.61. The maximum atomic E-state index is 13.4. The van der Waals surface area contributed by atoms with Gasteiger partial charge in [0.2, 0.25) is 0 Å². The van der Waals surface area contributed by atoms with Crippen molar-refractivity contribution in [2.24, 2.45) is 0 Å². The lowest BCUT2D eigenvalue weighted by molar-refractivity contribution is 0.201. The van der Waals surface area contributed by atoms with Gasteiger partial charge in [-0.1, -0.05) is 22.0 Å². The Hall–Kier alpha value is -2.03. The molecule has 1 N–H and O–H groups in total. The number of amides is 1. The van der Waals surface area contributed by atoms with Crippen molar-refractivity contribution in [1.82, 2.24) is 0 Å². The molecule has 0 aromatic heterocycles. The standard InChI is InChI=1S/C22H16BrF2NO2S2/c23-14-1-10-19-20(13-14)26(21(27)28)12-11-22(19,29-17-6-2-15(24)3-7-17)30-18-8-4-16(25)5-9-18/h1-10,13H,11-12H2,(H,27,28). The molecule has 4 rings (SSSR count). The molecule has 3 nitrogen and oxygen atoms in total. The van der Waals surface area contributed by atoms with Crippen LogP contribution in [-0.4, -0.2) is 17.7 Å². The quantitative estimate of drug-likeness (QED) is 0.374. The number of fused-ring (bicyclic) bond motifs is 1. The summed E-state index contributed by atoms with van der Waals surface area (Å²) in [5.74, 6) is -0.630. The lowest BCUT2D eigenvalue weighted by Crippen LogP contribution is -2.40. The van der Waals surface area contributed by atoms with E-state index in [1.54, 1.807) is 53.9 Å². The van der Waals surface area contributed by atoms with Gasteiger partial charge < -0.3 is 5.11 Å². The first-order valence-corrected chi connectivity index (χ1v) is 11.5. The van der Waals surface area contributed by atoms with Crippen LogP contribution in [0.4, 0.5) is 19.3 Å². The van der Waals surface area contributed by atoms with E-state index in [0.29, 0.717) is 18.7 Å². The molecule has 0 aliphatic carbocycles. The largest absolute Gasteiger partial charge is 0.465 e. The topological polar surface area (TPSA) is 40.5 Å². The Morgan fingerprint density at radius 3 is 1.97 bits per heavy atom. The van der Waals surface area contributed by atoms with E-state index in [1.165, 1.54) is 29.2 Å². The smallest absolute Gasteiger partial charge is 0.411 e. The summed E-state index contributed by atoms with van der Waals surface area (Å²) >= 11 is 6.54. The van der Waals surface area contributed by atoms with E-state index in [0.717, 1.165) is 19.8 Å². The summed E-state index contributed by atoms with van der Waals surface area (Å²) in [4.78, 5) is 14.9. The monoisotopic (exact) mass is 507 g/mol. The van der Waals surface area contributed by atoms with Gasteiger partial charge in [-0.25, -0.2) is 13.6 Å². The minimum absolute atomic E-state index is 0.307. The summed E-state index contributed by atoms with van der Waals surface area (Å²) in [5.41, 5.74) is 1.45. The normalized spacial score (nSPS) is 15.0. The van der Waals surface area contributed by atoms with Crippen molar-refractivity contribution in [3.05, 3.63) is 88.4 Å². The molecule has 3 aromatic carbocycles. The molecule has 0 bridgehead atoms. The average Bonchev–Trinajstić information content (AvgIpc) is 2.71. The van der Waals surface area contributed by atoms with Crippen molar-refractivity contribution >= 4 is 51.2 Å². The molecule has 1 aliphatic rings. The minimum atomic E-state index is -1.01. The molecule has 0 saturated heterocycles. The zero-order valence-electron chi connectivity index (χ0n) is 15.5. The number of hydrogen-bond donors (Lipinski definition) is 1. The van der Waals surface area contributed by atoms with Crippen LogP contribution in [0.2, 0.25) is 0 Å². The number of rotatable bonds is 4. The van der Waals surface area contributed by atoms with E-state index in [1.807, 2.05) is 12.1 Å². The Morgan fingerprint density at radius 2 is 1.47 bits per heavy atom. The molecule has 1 heterocycles. The fourth-order valence-electron chi connectivity index (χ4n) is 3.38. The lowest BCUT2D eigenvalue weighted by Gasteiger charge is -2.41. The molecule has 8 heteroatoms. The Bertz CT molecular complexity index is 1030. The van der Waals surface area contributed by atoms with Crippen molar-refractivity contribution in [1.29, 1.82) is 0 Å². The molecular formula is C22H16BrF2NO2S2. The highest BCUT2D eigenvalue weighted by molar-refractivity contribution is 9.10. The van der Waals surface area contributed by atoms with E-state index >= 15 is 0 Å². The lowest BCUT2D eigenvalue weighted by atomic mass is 10.0. The average molecular weight is 508 g/mol. The molecular weight excluding hydrogens is 492 g/mol. The van der Waals surface area contributed by atoms with E-state index in [2.05, 4.69) is 15.9 Å². The molecule has 0 saturated carbocycles. The van der Waals surface area contributed by atoms with Gasteiger partial charge in [-0.05, 0) is 67.1 Å². The number of carboxylic acid groups (broad SMARTS) is 1. The maximum Gasteiger partial charge on any atom is 0.411 e.